The average molecular weight is 384 g/mol. The first-order valence-corrected chi connectivity index (χ1v) is 7.88. The molecule has 5 nitrogen and oxygen atoms in total. The number of hydrogen-bond donors (Lipinski definition) is 2. The quantitative estimate of drug-likeness (QED) is 0.824. The van der Waals surface area contributed by atoms with E-state index in [1.807, 2.05) is 36.4 Å². The van der Waals surface area contributed by atoms with Crippen LogP contribution in [0.1, 0.15) is 31.2 Å². The topological polar surface area (TPSA) is 77.2 Å². The van der Waals surface area contributed by atoms with Gasteiger partial charge in [0.1, 0.15) is 12.4 Å². The van der Waals surface area contributed by atoms with Crippen molar-refractivity contribution in [2.45, 2.75) is 37.8 Å². The summed E-state index contributed by atoms with van der Waals surface area (Å²) < 4.78 is 5.74. The number of pyridine rings is 1. The summed E-state index contributed by atoms with van der Waals surface area (Å²) >= 11 is 0. The Morgan fingerprint density at radius 1 is 1.20 bits per heavy atom. The molecule has 1 saturated carbocycles. The van der Waals surface area contributed by atoms with Crippen molar-refractivity contribution in [3.63, 3.8) is 0 Å². The Morgan fingerprint density at radius 3 is 2.64 bits per heavy atom. The second-order valence-electron chi connectivity index (χ2n) is 6.00. The molecular formula is C18H23Cl2N3O2. The Kier molecular flexibility index (Phi) is 8.16. The first kappa shape index (κ1) is 21.2. The van der Waals surface area contributed by atoms with Gasteiger partial charge in [-0.05, 0) is 31.0 Å². The molecule has 0 saturated heterocycles. The summed E-state index contributed by atoms with van der Waals surface area (Å²) in [5.41, 5.74) is 7.14. The van der Waals surface area contributed by atoms with E-state index in [1.54, 1.807) is 12.4 Å². The van der Waals surface area contributed by atoms with Gasteiger partial charge in [-0.1, -0.05) is 25.0 Å². The van der Waals surface area contributed by atoms with Crippen LogP contribution in [0.4, 0.5) is 5.69 Å². The van der Waals surface area contributed by atoms with Crippen molar-refractivity contribution in [1.82, 2.24) is 4.98 Å². The van der Waals surface area contributed by atoms with Gasteiger partial charge in [0.25, 0.3) is 0 Å². The van der Waals surface area contributed by atoms with Gasteiger partial charge in [0.05, 0.1) is 5.54 Å². The number of carbonyl (C=O) groups is 1. The Labute approximate surface area is 160 Å². The molecule has 7 heteroatoms. The fourth-order valence-electron chi connectivity index (χ4n) is 2.80. The van der Waals surface area contributed by atoms with Gasteiger partial charge in [0.2, 0.25) is 5.91 Å². The molecule has 25 heavy (non-hydrogen) atoms. The Hall–Kier alpha value is -1.82. The number of nitrogens with two attached hydrogens (primary N) is 1. The summed E-state index contributed by atoms with van der Waals surface area (Å²) in [5, 5.41) is 2.91. The van der Waals surface area contributed by atoms with Crippen LogP contribution >= 0.6 is 24.8 Å². The molecule has 0 radical (unpaired) electrons. The maximum atomic E-state index is 12.3. The van der Waals surface area contributed by atoms with E-state index in [0.29, 0.717) is 18.0 Å². The molecule has 0 unspecified atom stereocenters. The molecule has 1 heterocycles. The van der Waals surface area contributed by atoms with Crippen LogP contribution < -0.4 is 15.8 Å². The minimum absolute atomic E-state index is 0. The maximum absolute atomic E-state index is 12.3. The highest BCUT2D eigenvalue weighted by atomic mass is 35.5. The summed E-state index contributed by atoms with van der Waals surface area (Å²) in [5.74, 6) is 0.587. The zero-order valence-electron chi connectivity index (χ0n) is 13.8. The van der Waals surface area contributed by atoms with E-state index in [9.17, 15) is 4.79 Å². The molecule has 0 atom stereocenters. The van der Waals surface area contributed by atoms with Crippen LogP contribution in [0.25, 0.3) is 0 Å². The zero-order chi connectivity index (χ0) is 16.1. The summed E-state index contributed by atoms with van der Waals surface area (Å²) in [6, 6.07) is 11.2. The SMILES string of the molecule is Cl.Cl.NC1(C(=O)Nc2cccc(OCc3cccnc3)c2)CCCC1. The molecule has 2 aromatic rings. The molecule has 3 N–H and O–H groups in total. The molecule has 136 valence electrons. The number of carbonyl (C=O) groups excluding carboxylic acids is 1. The van der Waals surface area contributed by atoms with Crippen LogP contribution in [0.5, 0.6) is 5.75 Å². The van der Waals surface area contributed by atoms with Crippen molar-refractivity contribution in [3.8, 4) is 5.75 Å². The molecule has 1 aliphatic rings. The Balaban J connectivity index is 0.00000156. The molecule has 1 aromatic carbocycles. The molecule has 0 spiro atoms. The third-order valence-electron chi connectivity index (χ3n) is 4.17. The third-order valence-corrected chi connectivity index (χ3v) is 4.17. The lowest BCUT2D eigenvalue weighted by molar-refractivity contribution is -0.121. The molecule has 3 rings (SSSR count). The number of rotatable bonds is 5. The Bertz CT molecular complexity index is 677. The molecule has 0 bridgehead atoms. The number of anilines is 1. The van der Waals surface area contributed by atoms with E-state index >= 15 is 0 Å². The van der Waals surface area contributed by atoms with Gasteiger partial charge in [-0.15, -0.1) is 24.8 Å². The van der Waals surface area contributed by atoms with Gasteiger partial charge in [-0.2, -0.15) is 0 Å². The number of halogens is 2. The monoisotopic (exact) mass is 383 g/mol. The Morgan fingerprint density at radius 2 is 1.96 bits per heavy atom. The minimum atomic E-state index is -0.730. The fourth-order valence-corrected chi connectivity index (χ4v) is 2.80. The summed E-state index contributed by atoms with van der Waals surface area (Å²) in [7, 11) is 0. The van der Waals surface area contributed by atoms with Crippen LogP contribution in [-0.4, -0.2) is 16.4 Å². The zero-order valence-corrected chi connectivity index (χ0v) is 15.4. The summed E-state index contributed by atoms with van der Waals surface area (Å²) in [6.45, 7) is 0.437. The number of ether oxygens (including phenoxy) is 1. The molecule has 1 aliphatic carbocycles. The largest absolute Gasteiger partial charge is 0.489 e. The molecular weight excluding hydrogens is 361 g/mol. The minimum Gasteiger partial charge on any atom is -0.489 e. The van der Waals surface area contributed by atoms with Crippen molar-refractivity contribution in [3.05, 3.63) is 54.4 Å². The molecule has 1 amide bonds. The highest BCUT2D eigenvalue weighted by molar-refractivity contribution is 5.98. The number of hydrogen-bond acceptors (Lipinski definition) is 4. The lowest BCUT2D eigenvalue weighted by Gasteiger charge is -2.22. The van der Waals surface area contributed by atoms with Crippen LogP contribution in [0.15, 0.2) is 48.8 Å². The number of aromatic nitrogens is 1. The van der Waals surface area contributed by atoms with E-state index in [1.165, 1.54) is 0 Å². The predicted octanol–water partition coefficient (Wildman–Crippen LogP) is 3.71. The maximum Gasteiger partial charge on any atom is 0.244 e. The van der Waals surface area contributed by atoms with Gasteiger partial charge in [0, 0.05) is 29.7 Å². The number of nitrogens with zero attached hydrogens (tertiary/aromatic N) is 1. The molecule has 0 aliphatic heterocycles. The van der Waals surface area contributed by atoms with E-state index in [4.69, 9.17) is 10.5 Å². The first-order valence-electron chi connectivity index (χ1n) is 7.88. The third kappa shape index (κ3) is 5.59. The standard InChI is InChI=1S/C18H21N3O2.2ClH/c19-18(8-1-2-9-18)17(22)21-15-6-3-7-16(11-15)23-13-14-5-4-10-20-12-14;;/h3-7,10-12H,1-2,8-9,13,19H2,(H,21,22);2*1H. The van der Waals surface area contributed by atoms with Crippen LogP contribution in [0.2, 0.25) is 0 Å². The van der Waals surface area contributed by atoms with Gasteiger partial charge in [0.15, 0.2) is 0 Å². The smallest absolute Gasteiger partial charge is 0.244 e. The summed E-state index contributed by atoms with van der Waals surface area (Å²) in [4.78, 5) is 16.4. The number of amides is 1. The van der Waals surface area contributed by atoms with Gasteiger partial charge < -0.3 is 15.8 Å². The normalized spacial score (nSPS) is 14.8. The second-order valence-corrected chi connectivity index (χ2v) is 6.00. The van der Waals surface area contributed by atoms with Gasteiger partial charge in [-0.3, -0.25) is 9.78 Å². The van der Waals surface area contributed by atoms with Crippen LogP contribution in [0.3, 0.4) is 0 Å². The van der Waals surface area contributed by atoms with E-state index in [0.717, 1.165) is 31.2 Å². The molecule has 1 fully saturated rings. The van der Waals surface area contributed by atoms with Crippen LogP contribution in [-0.2, 0) is 11.4 Å². The van der Waals surface area contributed by atoms with Crippen molar-refractivity contribution in [2.75, 3.05) is 5.32 Å². The first-order chi connectivity index (χ1) is 11.2. The second kappa shape index (κ2) is 9.61. The average Bonchev–Trinajstić information content (AvgIpc) is 3.02. The van der Waals surface area contributed by atoms with E-state index < -0.39 is 5.54 Å². The van der Waals surface area contributed by atoms with Crippen molar-refractivity contribution >= 4 is 36.4 Å². The number of benzene rings is 1. The van der Waals surface area contributed by atoms with Gasteiger partial charge in [-0.25, -0.2) is 0 Å². The van der Waals surface area contributed by atoms with Crippen molar-refractivity contribution in [1.29, 1.82) is 0 Å². The summed E-state index contributed by atoms with van der Waals surface area (Å²) in [6.07, 6.45) is 7.01. The van der Waals surface area contributed by atoms with E-state index in [-0.39, 0.29) is 30.7 Å². The van der Waals surface area contributed by atoms with Crippen molar-refractivity contribution < 1.29 is 9.53 Å². The fraction of sp³-hybridized carbons (Fsp3) is 0.333. The van der Waals surface area contributed by atoms with Crippen LogP contribution in [0, 0.1) is 0 Å². The van der Waals surface area contributed by atoms with Crippen molar-refractivity contribution in [2.24, 2.45) is 5.73 Å². The lowest BCUT2D eigenvalue weighted by atomic mass is 9.98. The predicted molar refractivity (Wildman–Crippen MR) is 104 cm³/mol. The lowest BCUT2D eigenvalue weighted by Crippen LogP contribution is -2.48. The van der Waals surface area contributed by atoms with E-state index in [2.05, 4.69) is 10.3 Å². The number of nitrogens with one attached hydrogen (secondary N) is 1. The highest BCUT2D eigenvalue weighted by Crippen LogP contribution is 2.29. The highest BCUT2D eigenvalue weighted by Gasteiger charge is 2.36. The van der Waals surface area contributed by atoms with Gasteiger partial charge >= 0.3 is 0 Å². The molecule has 1 aromatic heterocycles.